The van der Waals surface area contributed by atoms with Crippen LogP contribution in [0.1, 0.15) is 37.1 Å². The fourth-order valence-corrected chi connectivity index (χ4v) is 3.21. The van der Waals surface area contributed by atoms with E-state index in [4.69, 9.17) is 4.42 Å². The molecule has 0 bridgehead atoms. The van der Waals surface area contributed by atoms with Crippen molar-refractivity contribution in [2.45, 2.75) is 31.2 Å². The van der Waals surface area contributed by atoms with E-state index >= 15 is 0 Å². The highest BCUT2D eigenvalue weighted by Crippen LogP contribution is 2.43. The van der Waals surface area contributed by atoms with Crippen LogP contribution in [0.3, 0.4) is 0 Å². The molecule has 134 valence electrons. The third-order valence-electron chi connectivity index (χ3n) is 4.48. The molecule has 1 aliphatic carbocycles. The zero-order chi connectivity index (χ0) is 18.1. The average molecular weight is 422 g/mol. The van der Waals surface area contributed by atoms with Gasteiger partial charge in [-0.15, -0.1) is 10.2 Å². The number of nitrogens with zero attached hydrogens (tertiary/aromatic N) is 4. The molecule has 26 heavy (non-hydrogen) atoms. The first-order chi connectivity index (χ1) is 12.6. The molecule has 9 heteroatoms. The monoisotopic (exact) mass is 421 g/mol. The van der Waals surface area contributed by atoms with Gasteiger partial charge in [-0.05, 0) is 37.0 Å². The van der Waals surface area contributed by atoms with Crippen molar-refractivity contribution in [1.82, 2.24) is 20.2 Å². The Balaban J connectivity index is 1.54. The molecule has 1 saturated carbocycles. The van der Waals surface area contributed by atoms with Crippen molar-refractivity contribution in [2.24, 2.45) is 0 Å². The molecule has 1 aromatic carbocycles. The molecule has 1 N–H and O–H groups in total. The van der Waals surface area contributed by atoms with Gasteiger partial charge in [0.2, 0.25) is 5.95 Å². The summed E-state index contributed by atoms with van der Waals surface area (Å²) in [6.45, 7) is 0. The van der Waals surface area contributed by atoms with E-state index in [-0.39, 0.29) is 11.4 Å². The highest BCUT2D eigenvalue weighted by Gasteiger charge is 2.39. The molecular weight excluding hydrogens is 408 g/mol. The maximum Gasteiger partial charge on any atom is 0.314 e. The van der Waals surface area contributed by atoms with Crippen molar-refractivity contribution >= 4 is 21.9 Å². The van der Waals surface area contributed by atoms with Crippen molar-refractivity contribution in [3.63, 3.8) is 0 Å². The van der Waals surface area contributed by atoms with Crippen LogP contribution in [0.5, 0.6) is 0 Å². The molecule has 0 spiro atoms. The number of benzene rings is 1. The van der Waals surface area contributed by atoms with Gasteiger partial charge in [0.25, 0.3) is 11.8 Å². The van der Waals surface area contributed by atoms with Gasteiger partial charge in [-0.25, -0.2) is 9.97 Å². The quantitative estimate of drug-likeness (QED) is 0.642. The van der Waals surface area contributed by atoms with Gasteiger partial charge < -0.3 is 9.73 Å². The first kappa shape index (κ1) is 17.0. The third-order valence-corrected chi connectivity index (χ3v) is 5.01. The minimum Gasteiger partial charge on any atom is -0.415 e. The number of nitrogens with one attached hydrogen (secondary N) is 1. The van der Waals surface area contributed by atoms with Crippen LogP contribution in [0.2, 0.25) is 0 Å². The first-order valence-electron chi connectivity index (χ1n) is 8.04. The molecular formula is C17H14BrF2N5O. The molecule has 0 atom stereocenters. The van der Waals surface area contributed by atoms with Crippen molar-refractivity contribution < 1.29 is 13.2 Å². The molecule has 0 radical (unpaired) electrons. The summed E-state index contributed by atoms with van der Waals surface area (Å²) in [4.78, 5) is 8.54. The van der Waals surface area contributed by atoms with Crippen LogP contribution in [-0.4, -0.2) is 20.2 Å². The molecule has 1 fully saturated rings. The minimum atomic E-state index is -2.80. The number of hydrogen-bond donors (Lipinski definition) is 1. The van der Waals surface area contributed by atoms with E-state index in [0.717, 1.165) is 23.7 Å². The summed E-state index contributed by atoms with van der Waals surface area (Å²) in [5, 5.41) is 10.3. The molecule has 2 heterocycles. The fourth-order valence-electron chi connectivity index (χ4n) is 2.94. The van der Waals surface area contributed by atoms with Crippen LogP contribution in [-0.2, 0) is 5.54 Å². The molecule has 0 aliphatic heterocycles. The molecule has 6 nitrogen and oxygen atoms in total. The standard InChI is InChI=1S/C17H14BrF2N5O/c18-12-4-2-11(3-5-12)17(6-1-7-17)23-16-21-8-10(9-22-16)14-24-25-15(26-14)13(19)20/h2-5,8-9,13H,1,6-7H2,(H,21,22,23). The zero-order valence-corrected chi connectivity index (χ0v) is 15.1. The number of anilines is 1. The first-order valence-corrected chi connectivity index (χ1v) is 8.83. The highest BCUT2D eigenvalue weighted by molar-refractivity contribution is 9.10. The lowest BCUT2D eigenvalue weighted by Gasteiger charge is -2.43. The van der Waals surface area contributed by atoms with E-state index < -0.39 is 12.3 Å². The maximum atomic E-state index is 12.5. The van der Waals surface area contributed by atoms with E-state index in [1.54, 1.807) is 0 Å². The number of alkyl halides is 2. The van der Waals surface area contributed by atoms with Crippen LogP contribution in [0.25, 0.3) is 11.5 Å². The molecule has 0 amide bonds. The Kier molecular flexibility index (Phi) is 4.39. The molecule has 4 rings (SSSR count). The molecule has 0 unspecified atom stereocenters. The lowest BCUT2D eigenvalue weighted by atomic mass is 9.72. The van der Waals surface area contributed by atoms with Gasteiger partial charge in [0.1, 0.15) is 0 Å². The Bertz CT molecular complexity index is 894. The number of rotatable bonds is 5. The van der Waals surface area contributed by atoms with Crippen LogP contribution < -0.4 is 5.32 Å². The summed E-state index contributed by atoms with van der Waals surface area (Å²) in [7, 11) is 0. The fraction of sp³-hybridized carbons (Fsp3) is 0.294. The summed E-state index contributed by atoms with van der Waals surface area (Å²) < 4.78 is 31.0. The van der Waals surface area contributed by atoms with Gasteiger partial charge in [-0.2, -0.15) is 8.78 Å². The Labute approximate surface area is 156 Å². The lowest BCUT2D eigenvalue weighted by Crippen LogP contribution is -2.42. The van der Waals surface area contributed by atoms with Crippen molar-refractivity contribution in [2.75, 3.05) is 5.32 Å². The van der Waals surface area contributed by atoms with E-state index in [1.807, 2.05) is 12.1 Å². The second-order valence-electron chi connectivity index (χ2n) is 6.11. The topological polar surface area (TPSA) is 76.7 Å². The summed E-state index contributed by atoms with van der Waals surface area (Å²) >= 11 is 3.45. The summed E-state index contributed by atoms with van der Waals surface area (Å²) in [5.41, 5.74) is 1.38. The van der Waals surface area contributed by atoms with Gasteiger partial charge in [0.05, 0.1) is 11.1 Å². The smallest absolute Gasteiger partial charge is 0.314 e. The van der Waals surface area contributed by atoms with Crippen molar-refractivity contribution in [3.8, 4) is 11.5 Å². The van der Waals surface area contributed by atoms with Crippen LogP contribution in [0, 0.1) is 0 Å². The van der Waals surface area contributed by atoms with Crippen LogP contribution >= 0.6 is 15.9 Å². The van der Waals surface area contributed by atoms with Gasteiger partial charge in [-0.3, -0.25) is 0 Å². The van der Waals surface area contributed by atoms with E-state index in [0.29, 0.717) is 11.5 Å². The van der Waals surface area contributed by atoms with Crippen LogP contribution in [0.4, 0.5) is 14.7 Å². The third kappa shape index (κ3) is 3.18. The summed E-state index contributed by atoms with van der Waals surface area (Å²) in [5.74, 6) is -0.283. The van der Waals surface area contributed by atoms with E-state index in [1.165, 1.54) is 18.0 Å². The molecule has 0 saturated heterocycles. The predicted molar refractivity (Wildman–Crippen MR) is 93.6 cm³/mol. The largest absolute Gasteiger partial charge is 0.415 e. The molecule has 1 aliphatic rings. The van der Waals surface area contributed by atoms with Gasteiger partial charge in [-0.1, -0.05) is 28.1 Å². The Morgan fingerprint density at radius 3 is 2.31 bits per heavy atom. The van der Waals surface area contributed by atoms with Crippen molar-refractivity contribution in [3.05, 3.63) is 52.6 Å². The summed E-state index contributed by atoms with van der Waals surface area (Å²) in [6, 6.07) is 8.18. The van der Waals surface area contributed by atoms with E-state index in [9.17, 15) is 8.78 Å². The SMILES string of the molecule is FC(F)c1nnc(-c2cnc(NC3(c4ccc(Br)cc4)CCC3)nc2)o1. The maximum absolute atomic E-state index is 12.5. The van der Waals surface area contributed by atoms with E-state index in [2.05, 4.69) is 53.5 Å². The zero-order valence-electron chi connectivity index (χ0n) is 13.5. The highest BCUT2D eigenvalue weighted by atomic mass is 79.9. The summed E-state index contributed by atoms with van der Waals surface area (Å²) in [6.07, 6.45) is 3.25. The number of hydrogen-bond acceptors (Lipinski definition) is 6. The number of halogens is 3. The molecule has 3 aromatic rings. The second kappa shape index (κ2) is 6.71. The van der Waals surface area contributed by atoms with Crippen LogP contribution in [0.15, 0.2) is 45.5 Å². The normalized spacial score (nSPS) is 15.7. The predicted octanol–water partition coefficient (Wildman–Crippen LogP) is 4.72. The lowest BCUT2D eigenvalue weighted by molar-refractivity contribution is 0.116. The van der Waals surface area contributed by atoms with Gasteiger partial charge in [0, 0.05) is 16.9 Å². The average Bonchev–Trinajstić information content (AvgIpc) is 3.10. The molecule has 2 aromatic heterocycles. The Morgan fingerprint density at radius 2 is 1.77 bits per heavy atom. The van der Waals surface area contributed by atoms with Gasteiger partial charge in [0.15, 0.2) is 0 Å². The minimum absolute atomic E-state index is 0.0295. The number of aromatic nitrogens is 4. The Hall–Kier alpha value is -2.42. The van der Waals surface area contributed by atoms with Crippen molar-refractivity contribution in [1.29, 1.82) is 0 Å². The second-order valence-corrected chi connectivity index (χ2v) is 7.02. The van der Waals surface area contributed by atoms with Gasteiger partial charge >= 0.3 is 6.43 Å². The Morgan fingerprint density at radius 1 is 1.08 bits per heavy atom.